The van der Waals surface area contributed by atoms with Gasteiger partial charge in [0.1, 0.15) is 5.82 Å². The Labute approximate surface area is 102 Å². The summed E-state index contributed by atoms with van der Waals surface area (Å²) in [5.74, 6) is 0.734. The minimum absolute atomic E-state index is 0.0119. The van der Waals surface area contributed by atoms with Gasteiger partial charge in [0.25, 0.3) is 5.91 Å². The molecule has 1 amide bonds. The molecule has 4 nitrogen and oxygen atoms in total. The van der Waals surface area contributed by atoms with Gasteiger partial charge in [-0.3, -0.25) is 4.79 Å². The zero-order valence-electron chi connectivity index (χ0n) is 10.6. The lowest BCUT2D eigenvalue weighted by Crippen LogP contribution is -2.28. The third-order valence-electron chi connectivity index (χ3n) is 3.20. The van der Waals surface area contributed by atoms with Crippen molar-refractivity contribution in [3.63, 3.8) is 0 Å². The predicted octanol–water partition coefficient (Wildman–Crippen LogP) is 2.04. The third-order valence-corrected chi connectivity index (χ3v) is 3.20. The van der Waals surface area contributed by atoms with Crippen LogP contribution in [0.4, 0.5) is 5.82 Å². The van der Waals surface area contributed by atoms with Crippen molar-refractivity contribution in [1.82, 2.24) is 10.3 Å². The van der Waals surface area contributed by atoms with Crippen LogP contribution < -0.4 is 10.6 Å². The van der Waals surface area contributed by atoms with Crippen LogP contribution in [0.15, 0.2) is 18.3 Å². The zero-order chi connectivity index (χ0) is 12.5. The van der Waals surface area contributed by atoms with Crippen molar-refractivity contribution in [2.45, 2.75) is 33.2 Å². The number of carbonyl (C=O) groups is 1. The fraction of sp³-hybridized carbons (Fsp3) is 0.538. The molecular weight excluding hydrogens is 214 g/mol. The topological polar surface area (TPSA) is 54.0 Å². The highest BCUT2D eigenvalue weighted by atomic mass is 16.1. The van der Waals surface area contributed by atoms with Crippen LogP contribution in [0.2, 0.25) is 0 Å². The number of nitrogens with zero attached hydrogens (tertiary/aromatic N) is 1. The van der Waals surface area contributed by atoms with E-state index in [0.717, 1.165) is 18.8 Å². The van der Waals surface area contributed by atoms with Crippen LogP contribution >= 0.6 is 0 Å². The summed E-state index contributed by atoms with van der Waals surface area (Å²) in [6.45, 7) is 7.12. The SMILES string of the molecule is CCNc1cc(C(=O)NC2CC2(C)C)ccn1. The van der Waals surface area contributed by atoms with E-state index in [1.807, 2.05) is 6.92 Å². The van der Waals surface area contributed by atoms with Crippen molar-refractivity contribution < 1.29 is 4.79 Å². The van der Waals surface area contributed by atoms with Crippen LogP contribution in [-0.2, 0) is 0 Å². The molecule has 92 valence electrons. The monoisotopic (exact) mass is 233 g/mol. The molecule has 1 aromatic rings. The van der Waals surface area contributed by atoms with E-state index in [2.05, 4.69) is 29.5 Å². The zero-order valence-corrected chi connectivity index (χ0v) is 10.6. The molecule has 2 rings (SSSR count). The lowest BCUT2D eigenvalue weighted by Gasteiger charge is -2.08. The fourth-order valence-electron chi connectivity index (χ4n) is 1.80. The van der Waals surface area contributed by atoms with Gasteiger partial charge in [-0.25, -0.2) is 4.98 Å². The second kappa shape index (κ2) is 4.35. The Bertz CT molecular complexity index is 428. The van der Waals surface area contributed by atoms with E-state index >= 15 is 0 Å². The van der Waals surface area contributed by atoms with Crippen molar-refractivity contribution in [2.24, 2.45) is 5.41 Å². The Morgan fingerprint density at radius 2 is 2.29 bits per heavy atom. The first-order valence-corrected chi connectivity index (χ1v) is 6.04. The van der Waals surface area contributed by atoms with Gasteiger partial charge in [-0.2, -0.15) is 0 Å². The molecule has 0 radical (unpaired) electrons. The number of hydrogen-bond acceptors (Lipinski definition) is 3. The molecule has 1 aromatic heterocycles. The van der Waals surface area contributed by atoms with Gasteiger partial charge in [0.15, 0.2) is 0 Å². The van der Waals surface area contributed by atoms with Crippen molar-refractivity contribution in [2.75, 3.05) is 11.9 Å². The summed E-state index contributed by atoms with van der Waals surface area (Å²) in [5, 5.41) is 6.13. The molecule has 1 unspecified atom stereocenters. The minimum Gasteiger partial charge on any atom is -0.370 e. The Morgan fingerprint density at radius 3 is 2.88 bits per heavy atom. The molecule has 0 aromatic carbocycles. The van der Waals surface area contributed by atoms with Crippen molar-refractivity contribution in [3.8, 4) is 0 Å². The van der Waals surface area contributed by atoms with Crippen LogP contribution in [0, 0.1) is 5.41 Å². The number of carbonyl (C=O) groups excluding carboxylic acids is 1. The van der Waals surface area contributed by atoms with Gasteiger partial charge in [-0.15, -0.1) is 0 Å². The molecule has 0 aliphatic heterocycles. The van der Waals surface area contributed by atoms with Crippen molar-refractivity contribution in [1.29, 1.82) is 0 Å². The molecule has 1 atom stereocenters. The fourth-order valence-corrected chi connectivity index (χ4v) is 1.80. The number of rotatable bonds is 4. The molecular formula is C13H19N3O. The number of nitrogens with one attached hydrogen (secondary N) is 2. The summed E-state index contributed by atoms with van der Waals surface area (Å²) >= 11 is 0. The molecule has 1 heterocycles. The summed E-state index contributed by atoms with van der Waals surface area (Å²) in [4.78, 5) is 16.1. The summed E-state index contributed by atoms with van der Waals surface area (Å²) in [7, 11) is 0. The molecule has 1 aliphatic carbocycles. The second-order valence-corrected chi connectivity index (χ2v) is 5.18. The van der Waals surface area contributed by atoms with Gasteiger partial charge in [0.2, 0.25) is 0 Å². The third kappa shape index (κ3) is 2.75. The molecule has 1 saturated carbocycles. The molecule has 17 heavy (non-hydrogen) atoms. The van der Waals surface area contributed by atoms with Gasteiger partial charge in [0, 0.05) is 24.3 Å². The maximum atomic E-state index is 12.0. The first kappa shape index (κ1) is 11.9. The van der Waals surface area contributed by atoms with Crippen LogP contribution in [0.3, 0.4) is 0 Å². The highest BCUT2D eigenvalue weighted by Gasteiger charge is 2.46. The van der Waals surface area contributed by atoms with Crippen molar-refractivity contribution in [3.05, 3.63) is 23.9 Å². The Kier molecular flexibility index (Phi) is 3.05. The van der Waals surface area contributed by atoms with Gasteiger partial charge in [0.05, 0.1) is 0 Å². The van der Waals surface area contributed by atoms with Crippen molar-refractivity contribution >= 4 is 11.7 Å². The number of aromatic nitrogens is 1. The highest BCUT2D eigenvalue weighted by molar-refractivity contribution is 5.95. The van der Waals surface area contributed by atoms with E-state index < -0.39 is 0 Å². The largest absolute Gasteiger partial charge is 0.370 e. The Balaban J connectivity index is 2.01. The molecule has 1 aliphatic rings. The van der Waals surface area contributed by atoms with E-state index in [4.69, 9.17) is 0 Å². The number of hydrogen-bond donors (Lipinski definition) is 2. The summed E-state index contributed by atoms with van der Waals surface area (Å²) in [6.07, 6.45) is 2.72. The lowest BCUT2D eigenvalue weighted by molar-refractivity contribution is 0.0946. The van der Waals surface area contributed by atoms with Crippen LogP contribution in [0.1, 0.15) is 37.6 Å². The molecule has 0 bridgehead atoms. The number of pyridine rings is 1. The van der Waals surface area contributed by atoms with E-state index in [9.17, 15) is 4.79 Å². The standard InChI is InChI=1S/C13H19N3O/c1-4-14-11-7-9(5-6-15-11)12(17)16-10-8-13(10,2)3/h5-7,10H,4,8H2,1-3H3,(H,14,15)(H,16,17). The summed E-state index contributed by atoms with van der Waals surface area (Å²) < 4.78 is 0. The Morgan fingerprint density at radius 1 is 1.59 bits per heavy atom. The van der Waals surface area contributed by atoms with E-state index in [0.29, 0.717) is 11.6 Å². The molecule has 0 spiro atoms. The van der Waals surface area contributed by atoms with E-state index in [1.165, 1.54) is 0 Å². The summed E-state index contributed by atoms with van der Waals surface area (Å²) in [5.41, 5.74) is 0.923. The second-order valence-electron chi connectivity index (χ2n) is 5.18. The molecule has 1 fully saturated rings. The Hall–Kier alpha value is -1.58. The average molecular weight is 233 g/mol. The van der Waals surface area contributed by atoms with Gasteiger partial charge >= 0.3 is 0 Å². The highest BCUT2D eigenvalue weighted by Crippen LogP contribution is 2.44. The average Bonchev–Trinajstić information content (AvgIpc) is 2.87. The maximum Gasteiger partial charge on any atom is 0.251 e. The quantitative estimate of drug-likeness (QED) is 0.836. The smallest absolute Gasteiger partial charge is 0.251 e. The van der Waals surface area contributed by atoms with Gasteiger partial charge < -0.3 is 10.6 Å². The van der Waals surface area contributed by atoms with Gasteiger partial charge in [-0.05, 0) is 30.9 Å². The van der Waals surface area contributed by atoms with E-state index in [-0.39, 0.29) is 11.3 Å². The van der Waals surface area contributed by atoms with Gasteiger partial charge in [-0.1, -0.05) is 13.8 Å². The predicted molar refractivity (Wildman–Crippen MR) is 68.1 cm³/mol. The normalized spacial score (nSPS) is 20.8. The lowest BCUT2D eigenvalue weighted by atomic mass is 10.2. The number of anilines is 1. The van der Waals surface area contributed by atoms with Crippen LogP contribution in [0.5, 0.6) is 0 Å². The summed E-state index contributed by atoms with van der Waals surface area (Å²) in [6, 6.07) is 3.84. The maximum absolute atomic E-state index is 12.0. The first-order valence-electron chi connectivity index (χ1n) is 6.04. The minimum atomic E-state index is -0.0119. The molecule has 4 heteroatoms. The molecule has 0 saturated heterocycles. The number of amides is 1. The first-order chi connectivity index (χ1) is 8.03. The van der Waals surface area contributed by atoms with E-state index in [1.54, 1.807) is 18.3 Å². The van der Waals surface area contributed by atoms with Crippen LogP contribution in [-0.4, -0.2) is 23.5 Å². The molecule has 2 N–H and O–H groups in total. The van der Waals surface area contributed by atoms with Crippen LogP contribution in [0.25, 0.3) is 0 Å².